The number of rotatable bonds is 6. The van der Waals surface area contributed by atoms with Gasteiger partial charge < -0.3 is 15.0 Å². The third-order valence-electron chi connectivity index (χ3n) is 3.41. The normalized spacial score (nSPS) is 19.5. The van der Waals surface area contributed by atoms with E-state index in [-0.39, 0.29) is 0 Å². The Bertz CT molecular complexity index is 383. The van der Waals surface area contributed by atoms with Gasteiger partial charge in [-0.1, -0.05) is 6.92 Å². The predicted octanol–water partition coefficient (Wildman–Crippen LogP) is 2.91. The fourth-order valence-corrected chi connectivity index (χ4v) is 2.49. The van der Waals surface area contributed by atoms with Crippen LogP contribution in [0.3, 0.4) is 0 Å². The van der Waals surface area contributed by atoms with Crippen LogP contribution >= 0.6 is 0 Å². The summed E-state index contributed by atoms with van der Waals surface area (Å²) in [6.07, 6.45) is 7.66. The van der Waals surface area contributed by atoms with E-state index in [4.69, 9.17) is 4.74 Å². The molecule has 0 radical (unpaired) electrons. The molecule has 1 atom stereocenters. The summed E-state index contributed by atoms with van der Waals surface area (Å²) in [5, 5.41) is 3.31. The lowest BCUT2D eigenvalue weighted by Crippen LogP contribution is -2.39. The maximum Gasteiger partial charge on any atom is 0.0750 e. The van der Waals surface area contributed by atoms with E-state index in [0.717, 1.165) is 38.3 Å². The Hall–Kier alpha value is -1.29. The molecule has 0 saturated carbocycles. The molecule has 1 aliphatic heterocycles. The molecule has 1 fully saturated rings. The smallest absolute Gasteiger partial charge is 0.0750 e. The van der Waals surface area contributed by atoms with Crippen molar-refractivity contribution in [2.24, 2.45) is 0 Å². The fourth-order valence-electron chi connectivity index (χ4n) is 2.49. The zero-order valence-corrected chi connectivity index (χ0v) is 12.1. The summed E-state index contributed by atoms with van der Waals surface area (Å²) in [7, 11) is 0. The molecule has 1 aromatic heterocycles. The standard InChI is InChI=1S/C15H25N3O/c1-3-8-19-15-6-5-7-18(12-15)14-9-13(17-4-2)10-16-11-14/h9-11,15,17H,3-8,12H2,1-2H3. The van der Waals surface area contributed by atoms with Crippen molar-refractivity contribution in [3.8, 4) is 0 Å². The van der Waals surface area contributed by atoms with E-state index in [2.05, 4.69) is 35.1 Å². The molecule has 1 N–H and O–H groups in total. The van der Waals surface area contributed by atoms with Crippen LogP contribution < -0.4 is 10.2 Å². The average molecular weight is 263 g/mol. The minimum Gasteiger partial charge on any atom is -0.384 e. The third-order valence-corrected chi connectivity index (χ3v) is 3.41. The van der Waals surface area contributed by atoms with Crippen molar-refractivity contribution in [3.05, 3.63) is 18.5 Å². The van der Waals surface area contributed by atoms with Crippen LogP contribution in [-0.4, -0.2) is 37.3 Å². The van der Waals surface area contributed by atoms with Crippen LogP contribution in [0.5, 0.6) is 0 Å². The van der Waals surface area contributed by atoms with E-state index in [9.17, 15) is 0 Å². The summed E-state index contributed by atoms with van der Waals surface area (Å²) in [5.41, 5.74) is 2.29. The van der Waals surface area contributed by atoms with Gasteiger partial charge in [0.15, 0.2) is 0 Å². The van der Waals surface area contributed by atoms with Crippen molar-refractivity contribution in [2.75, 3.05) is 36.5 Å². The minimum absolute atomic E-state index is 0.372. The molecule has 2 rings (SSSR count). The number of nitrogens with zero attached hydrogens (tertiary/aromatic N) is 2. The van der Waals surface area contributed by atoms with Gasteiger partial charge in [0.1, 0.15) is 0 Å². The van der Waals surface area contributed by atoms with Gasteiger partial charge in [0.05, 0.1) is 29.9 Å². The van der Waals surface area contributed by atoms with Gasteiger partial charge in [0.25, 0.3) is 0 Å². The van der Waals surface area contributed by atoms with Crippen LogP contribution in [0.4, 0.5) is 11.4 Å². The first-order valence-corrected chi connectivity index (χ1v) is 7.39. The van der Waals surface area contributed by atoms with Gasteiger partial charge in [0.2, 0.25) is 0 Å². The van der Waals surface area contributed by atoms with Gasteiger partial charge in [-0.05, 0) is 32.3 Å². The lowest BCUT2D eigenvalue weighted by molar-refractivity contribution is 0.0440. The number of hydrogen-bond acceptors (Lipinski definition) is 4. The second kappa shape index (κ2) is 7.34. The van der Waals surface area contributed by atoms with Gasteiger partial charge in [-0.2, -0.15) is 0 Å². The maximum atomic E-state index is 5.88. The first-order valence-electron chi connectivity index (χ1n) is 7.39. The van der Waals surface area contributed by atoms with E-state index >= 15 is 0 Å². The quantitative estimate of drug-likeness (QED) is 0.856. The van der Waals surface area contributed by atoms with E-state index < -0.39 is 0 Å². The SMILES string of the molecule is CCCOC1CCCN(c2cncc(NCC)c2)C1. The minimum atomic E-state index is 0.372. The Morgan fingerprint density at radius 3 is 3.11 bits per heavy atom. The highest BCUT2D eigenvalue weighted by Crippen LogP contribution is 2.23. The van der Waals surface area contributed by atoms with E-state index in [1.54, 1.807) is 0 Å². The van der Waals surface area contributed by atoms with Crippen LogP contribution in [0.1, 0.15) is 33.1 Å². The van der Waals surface area contributed by atoms with E-state index in [1.165, 1.54) is 18.5 Å². The Labute approximate surface area is 116 Å². The molecule has 106 valence electrons. The number of nitrogens with one attached hydrogen (secondary N) is 1. The monoisotopic (exact) mass is 263 g/mol. The number of pyridine rings is 1. The number of anilines is 2. The molecule has 4 heteroatoms. The second-order valence-electron chi connectivity index (χ2n) is 5.04. The molecule has 1 saturated heterocycles. The Morgan fingerprint density at radius 1 is 1.42 bits per heavy atom. The van der Waals surface area contributed by atoms with E-state index in [1.807, 2.05) is 12.4 Å². The molecule has 0 spiro atoms. The van der Waals surface area contributed by atoms with Crippen LogP contribution in [0.15, 0.2) is 18.5 Å². The molecule has 0 amide bonds. The zero-order valence-electron chi connectivity index (χ0n) is 12.1. The molecule has 0 aliphatic carbocycles. The first kappa shape index (κ1) is 14.1. The van der Waals surface area contributed by atoms with Crippen LogP contribution in [-0.2, 0) is 4.74 Å². The van der Waals surface area contributed by atoms with Crippen molar-refractivity contribution in [1.82, 2.24) is 4.98 Å². The number of piperidine rings is 1. The molecule has 0 aromatic carbocycles. The molecular formula is C15H25N3O. The van der Waals surface area contributed by atoms with Gasteiger partial charge in [0, 0.05) is 26.2 Å². The van der Waals surface area contributed by atoms with Crippen molar-refractivity contribution < 1.29 is 4.74 Å². The van der Waals surface area contributed by atoms with Gasteiger partial charge in [-0.15, -0.1) is 0 Å². The Morgan fingerprint density at radius 2 is 2.32 bits per heavy atom. The maximum absolute atomic E-state index is 5.88. The van der Waals surface area contributed by atoms with Crippen LogP contribution in [0.2, 0.25) is 0 Å². The molecule has 1 aliphatic rings. The highest BCUT2D eigenvalue weighted by molar-refractivity contribution is 5.55. The van der Waals surface area contributed by atoms with Gasteiger partial charge in [-0.25, -0.2) is 0 Å². The highest BCUT2D eigenvalue weighted by atomic mass is 16.5. The molecular weight excluding hydrogens is 238 g/mol. The molecule has 1 aromatic rings. The van der Waals surface area contributed by atoms with Gasteiger partial charge >= 0.3 is 0 Å². The lowest BCUT2D eigenvalue weighted by Gasteiger charge is -2.34. The summed E-state index contributed by atoms with van der Waals surface area (Å²) in [6, 6.07) is 2.18. The summed E-state index contributed by atoms with van der Waals surface area (Å²) in [6.45, 7) is 8.13. The largest absolute Gasteiger partial charge is 0.384 e. The van der Waals surface area contributed by atoms with Crippen molar-refractivity contribution in [3.63, 3.8) is 0 Å². The Balaban J connectivity index is 1.98. The number of aromatic nitrogens is 1. The molecule has 0 bridgehead atoms. The first-order chi connectivity index (χ1) is 9.33. The van der Waals surface area contributed by atoms with Crippen molar-refractivity contribution in [2.45, 2.75) is 39.2 Å². The number of ether oxygens (including phenoxy) is 1. The van der Waals surface area contributed by atoms with Gasteiger partial charge in [-0.3, -0.25) is 4.98 Å². The summed E-state index contributed by atoms with van der Waals surface area (Å²) >= 11 is 0. The average Bonchev–Trinajstić information content (AvgIpc) is 2.46. The second-order valence-corrected chi connectivity index (χ2v) is 5.04. The molecule has 4 nitrogen and oxygen atoms in total. The van der Waals surface area contributed by atoms with Crippen LogP contribution in [0.25, 0.3) is 0 Å². The molecule has 2 heterocycles. The highest BCUT2D eigenvalue weighted by Gasteiger charge is 2.20. The molecule has 1 unspecified atom stereocenters. The third kappa shape index (κ3) is 4.10. The summed E-state index contributed by atoms with van der Waals surface area (Å²) in [5.74, 6) is 0. The van der Waals surface area contributed by atoms with Crippen molar-refractivity contribution >= 4 is 11.4 Å². The zero-order chi connectivity index (χ0) is 13.5. The van der Waals surface area contributed by atoms with E-state index in [0.29, 0.717) is 6.10 Å². The lowest BCUT2D eigenvalue weighted by atomic mass is 10.1. The summed E-state index contributed by atoms with van der Waals surface area (Å²) in [4.78, 5) is 6.71. The topological polar surface area (TPSA) is 37.4 Å². The number of hydrogen-bond donors (Lipinski definition) is 1. The Kier molecular flexibility index (Phi) is 5.45. The summed E-state index contributed by atoms with van der Waals surface area (Å²) < 4.78 is 5.88. The predicted molar refractivity (Wildman–Crippen MR) is 79.9 cm³/mol. The molecule has 19 heavy (non-hydrogen) atoms. The van der Waals surface area contributed by atoms with Crippen LogP contribution in [0, 0.1) is 0 Å². The fraction of sp³-hybridized carbons (Fsp3) is 0.667. The van der Waals surface area contributed by atoms with Crippen molar-refractivity contribution in [1.29, 1.82) is 0 Å².